The van der Waals surface area contributed by atoms with E-state index in [1.807, 2.05) is 18.7 Å². The lowest BCUT2D eigenvalue weighted by atomic mass is 10.3. The highest BCUT2D eigenvalue weighted by Crippen LogP contribution is 1.91. The number of H-pyrrole nitrogens is 1. The number of aryl methyl sites for hydroxylation is 1. The Balaban J connectivity index is 1.90. The van der Waals surface area contributed by atoms with Gasteiger partial charge in [-0.1, -0.05) is 6.92 Å². The molecule has 0 radical (unpaired) electrons. The molecule has 1 aromatic rings. The molecule has 74 valence electrons. The van der Waals surface area contributed by atoms with Crippen molar-refractivity contribution in [2.24, 2.45) is 0 Å². The van der Waals surface area contributed by atoms with E-state index >= 15 is 0 Å². The van der Waals surface area contributed by atoms with Gasteiger partial charge in [-0.05, 0) is 19.3 Å². The van der Waals surface area contributed by atoms with Crippen LogP contribution in [0.25, 0.3) is 0 Å². The van der Waals surface area contributed by atoms with Crippen LogP contribution in [0.5, 0.6) is 0 Å². The van der Waals surface area contributed by atoms with Crippen molar-refractivity contribution in [2.45, 2.75) is 32.7 Å². The fourth-order valence-electron chi connectivity index (χ4n) is 1.20. The largest absolute Gasteiger partial charge is 0.381 e. The maximum absolute atomic E-state index is 5.39. The lowest BCUT2D eigenvalue weighted by molar-refractivity contribution is -0.696. The van der Waals surface area contributed by atoms with Crippen molar-refractivity contribution < 1.29 is 9.30 Å². The SMILES string of the molecule is CCCOCCCC[n+]1cc[nH]c1. The number of hydrogen-bond donors (Lipinski definition) is 1. The van der Waals surface area contributed by atoms with Crippen LogP contribution in [0.2, 0.25) is 0 Å². The summed E-state index contributed by atoms with van der Waals surface area (Å²) in [5, 5.41) is 0. The van der Waals surface area contributed by atoms with Crippen molar-refractivity contribution in [1.82, 2.24) is 4.98 Å². The molecule has 1 rings (SSSR count). The predicted octanol–water partition coefficient (Wildman–Crippen LogP) is 1.51. The summed E-state index contributed by atoms with van der Waals surface area (Å²) < 4.78 is 7.54. The number of aromatic nitrogens is 2. The van der Waals surface area contributed by atoms with Crippen LogP contribution in [0.1, 0.15) is 26.2 Å². The monoisotopic (exact) mass is 183 g/mol. The summed E-state index contributed by atoms with van der Waals surface area (Å²) in [6.45, 7) is 5.02. The molecule has 3 nitrogen and oxygen atoms in total. The van der Waals surface area contributed by atoms with Crippen LogP contribution in [0.4, 0.5) is 0 Å². The van der Waals surface area contributed by atoms with E-state index in [1.165, 1.54) is 6.42 Å². The van der Waals surface area contributed by atoms with Gasteiger partial charge in [0.05, 0.1) is 6.54 Å². The predicted molar refractivity (Wildman–Crippen MR) is 51.3 cm³/mol. The van der Waals surface area contributed by atoms with Gasteiger partial charge in [-0.2, -0.15) is 0 Å². The van der Waals surface area contributed by atoms with E-state index in [0.29, 0.717) is 0 Å². The van der Waals surface area contributed by atoms with Gasteiger partial charge in [0.2, 0.25) is 6.33 Å². The zero-order valence-corrected chi connectivity index (χ0v) is 8.33. The fraction of sp³-hybridized carbons (Fsp3) is 0.700. The van der Waals surface area contributed by atoms with E-state index in [0.717, 1.165) is 32.6 Å². The number of unbranched alkanes of at least 4 members (excludes halogenated alkanes) is 1. The molecule has 0 saturated carbocycles. The Labute approximate surface area is 79.7 Å². The van der Waals surface area contributed by atoms with Crippen molar-refractivity contribution >= 4 is 0 Å². The third-order valence-electron chi connectivity index (χ3n) is 1.91. The average molecular weight is 183 g/mol. The van der Waals surface area contributed by atoms with Gasteiger partial charge in [0.25, 0.3) is 0 Å². The Kier molecular flexibility index (Phi) is 5.25. The van der Waals surface area contributed by atoms with E-state index in [4.69, 9.17) is 4.74 Å². The molecule has 0 aliphatic carbocycles. The molecule has 0 spiro atoms. The first-order valence-electron chi connectivity index (χ1n) is 5.03. The lowest BCUT2D eigenvalue weighted by Crippen LogP contribution is -2.30. The highest BCUT2D eigenvalue weighted by Gasteiger charge is 1.95. The van der Waals surface area contributed by atoms with Gasteiger partial charge in [0, 0.05) is 13.2 Å². The summed E-state index contributed by atoms with van der Waals surface area (Å²) in [6.07, 6.45) is 9.42. The molecule has 3 heteroatoms. The minimum atomic E-state index is 0.900. The highest BCUT2D eigenvalue weighted by molar-refractivity contribution is 4.55. The Bertz CT molecular complexity index is 197. The van der Waals surface area contributed by atoms with Crippen molar-refractivity contribution in [1.29, 1.82) is 0 Å². The first-order chi connectivity index (χ1) is 6.43. The van der Waals surface area contributed by atoms with Crippen molar-refractivity contribution in [3.05, 3.63) is 18.7 Å². The molecule has 0 aliphatic heterocycles. The molecule has 0 atom stereocenters. The first kappa shape index (κ1) is 10.3. The Morgan fingerprint density at radius 2 is 2.23 bits per heavy atom. The minimum Gasteiger partial charge on any atom is -0.381 e. The molecule has 0 fully saturated rings. The molecule has 1 heterocycles. The van der Waals surface area contributed by atoms with Crippen LogP contribution >= 0.6 is 0 Å². The van der Waals surface area contributed by atoms with E-state index < -0.39 is 0 Å². The van der Waals surface area contributed by atoms with Crippen LogP contribution in [0.3, 0.4) is 0 Å². The minimum absolute atomic E-state index is 0.900. The van der Waals surface area contributed by atoms with Gasteiger partial charge >= 0.3 is 0 Å². The van der Waals surface area contributed by atoms with E-state index in [1.54, 1.807) is 0 Å². The van der Waals surface area contributed by atoms with Gasteiger partial charge in [-0.3, -0.25) is 4.98 Å². The second-order valence-corrected chi connectivity index (χ2v) is 3.17. The molecule has 1 aromatic heterocycles. The normalized spacial score (nSPS) is 10.5. The van der Waals surface area contributed by atoms with Gasteiger partial charge in [-0.25, -0.2) is 4.57 Å². The van der Waals surface area contributed by atoms with Gasteiger partial charge in [0.15, 0.2) is 0 Å². The topological polar surface area (TPSA) is 28.9 Å². The van der Waals surface area contributed by atoms with Crippen LogP contribution in [0, 0.1) is 0 Å². The van der Waals surface area contributed by atoms with Crippen molar-refractivity contribution in [3.63, 3.8) is 0 Å². The van der Waals surface area contributed by atoms with Crippen molar-refractivity contribution in [3.8, 4) is 0 Å². The zero-order valence-electron chi connectivity index (χ0n) is 8.33. The maximum Gasteiger partial charge on any atom is 0.241 e. The zero-order chi connectivity index (χ0) is 9.36. The van der Waals surface area contributed by atoms with Gasteiger partial charge in [-0.15, -0.1) is 0 Å². The molecule has 0 aliphatic rings. The van der Waals surface area contributed by atoms with Crippen LogP contribution in [0.15, 0.2) is 18.7 Å². The molecule has 0 bridgehead atoms. The smallest absolute Gasteiger partial charge is 0.241 e. The number of aromatic amines is 1. The quantitative estimate of drug-likeness (QED) is 0.504. The molecular formula is C10H19N2O+. The third-order valence-corrected chi connectivity index (χ3v) is 1.91. The Hall–Kier alpha value is -0.830. The molecule has 0 saturated heterocycles. The number of imidazole rings is 1. The molecule has 0 unspecified atom stereocenters. The molecule has 1 N–H and O–H groups in total. The number of ether oxygens (including phenoxy) is 1. The Morgan fingerprint density at radius 3 is 2.92 bits per heavy atom. The molecule has 0 amide bonds. The van der Waals surface area contributed by atoms with Crippen molar-refractivity contribution in [2.75, 3.05) is 13.2 Å². The average Bonchev–Trinajstić information content (AvgIpc) is 2.63. The fourth-order valence-corrected chi connectivity index (χ4v) is 1.20. The summed E-state index contributed by atoms with van der Waals surface area (Å²) in [6, 6.07) is 0. The summed E-state index contributed by atoms with van der Waals surface area (Å²) in [4.78, 5) is 3.02. The van der Waals surface area contributed by atoms with E-state index in [2.05, 4.69) is 16.5 Å². The first-order valence-corrected chi connectivity index (χ1v) is 5.03. The summed E-state index contributed by atoms with van der Waals surface area (Å²) >= 11 is 0. The second kappa shape index (κ2) is 6.66. The number of rotatable bonds is 7. The lowest BCUT2D eigenvalue weighted by Gasteiger charge is -2.00. The number of nitrogens with zero attached hydrogens (tertiary/aromatic N) is 1. The summed E-state index contributed by atoms with van der Waals surface area (Å²) in [7, 11) is 0. The van der Waals surface area contributed by atoms with Gasteiger partial charge < -0.3 is 4.74 Å². The van der Waals surface area contributed by atoms with Crippen LogP contribution in [-0.4, -0.2) is 18.2 Å². The third kappa shape index (κ3) is 4.68. The van der Waals surface area contributed by atoms with Gasteiger partial charge in [0.1, 0.15) is 12.4 Å². The molecular weight excluding hydrogens is 164 g/mol. The Morgan fingerprint density at radius 1 is 1.31 bits per heavy atom. The number of hydrogen-bond acceptors (Lipinski definition) is 1. The second-order valence-electron chi connectivity index (χ2n) is 3.17. The molecule has 13 heavy (non-hydrogen) atoms. The summed E-state index contributed by atoms with van der Waals surface area (Å²) in [5.41, 5.74) is 0. The van der Waals surface area contributed by atoms with Crippen LogP contribution < -0.4 is 4.57 Å². The van der Waals surface area contributed by atoms with E-state index in [9.17, 15) is 0 Å². The maximum atomic E-state index is 5.39. The molecule has 0 aromatic carbocycles. The highest BCUT2D eigenvalue weighted by atomic mass is 16.5. The van der Waals surface area contributed by atoms with E-state index in [-0.39, 0.29) is 0 Å². The number of nitrogens with one attached hydrogen (secondary N) is 1. The van der Waals surface area contributed by atoms with Crippen LogP contribution in [-0.2, 0) is 11.3 Å². The summed E-state index contributed by atoms with van der Waals surface area (Å²) in [5.74, 6) is 0. The standard InChI is InChI=1S/C10H18N2O/c1-2-8-13-9-4-3-6-12-7-5-11-10-12/h5,7,10H,2-4,6,8-9H2,1H3/p+1.